The van der Waals surface area contributed by atoms with Gasteiger partial charge in [0.1, 0.15) is 9.84 Å². The fourth-order valence-corrected chi connectivity index (χ4v) is 4.33. The second kappa shape index (κ2) is 3.73. The number of hydrogen-bond acceptors (Lipinski definition) is 5. The van der Waals surface area contributed by atoms with Gasteiger partial charge in [-0.25, -0.2) is 22.0 Å². The molecule has 0 bridgehead atoms. The summed E-state index contributed by atoms with van der Waals surface area (Å²) in [7, 11) is -6.86. The minimum Gasteiger partial charge on any atom is -0.229 e. The van der Waals surface area contributed by atoms with Gasteiger partial charge in [0.15, 0.2) is 0 Å². The Bertz CT molecular complexity index is 472. The Labute approximate surface area is 89.0 Å². The molecule has 0 amide bonds. The van der Waals surface area contributed by atoms with Crippen molar-refractivity contribution in [1.29, 1.82) is 5.26 Å². The minimum absolute atomic E-state index is 0.0439. The lowest BCUT2D eigenvalue weighted by atomic mass is 9.86. The molecule has 1 heterocycles. The molecule has 1 aliphatic heterocycles. The van der Waals surface area contributed by atoms with Crippen LogP contribution in [0.15, 0.2) is 0 Å². The molecule has 0 spiro atoms. The number of sulfone groups is 1. The highest BCUT2D eigenvalue weighted by Gasteiger charge is 2.40. The number of rotatable bonds is 2. The van der Waals surface area contributed by atoms with Crippen LogP contribution in [0.1, 0.15) is 12.8 Å². The van der Waals surface area contributed by atoms with Crippen LogP contribution in [-0.2, 0) is 19.9 Å². The molecule has 86 valence electrons. The molecule has 6 nitrogen and oxygen atoms in total. The maximum absolute atomic E-state index is 11.1. The SMILES string of the molecule is N#CC1(CS(N)(=O)=O)CCS(=O)(=O)CC1. The standard InChI is InChI=1S/C7H12N2O4S2/c8-5-7(6-15(9,12)13)1-3-14(10,11)4-2-7/h1-4,6H2,(H2,9,12,13). The van der Waals surface area contributed by atoms with Crippen molar-refractivity contribution in [3.05, 3.63) is 0 Å². The van der Waals surface area contributed by atoms with Crippen molar-refractivity contribution >= 4 is 19.9 Å². The highest BCUT2D eigenvalue weighted by molar-refractivity contribution is 7.91. The van der Waals surface area contributed by atoms with E-state index >= 15 is 0 Å². The molecule has 0 atom stereocenters. The first kappa shape index (κ1) is 12.4. The molecule has 1 fully saturated rings. The predicted molar refractivity (Wildman–Crippen MR) is 53.9 cm³/mol. The zero-order valence-corrected chi connectivity index (χ0v) is 9.64. The average Bonchev–Trinajstić information content (AvgIpc) is 2.07. The van der Waals surface area contributed by atoms with Crippen LogP contribution < -0.4 is 5.14 Å². The van der Waals surface area contributed by atoms with E-state index < -0.39 is 31.0 Å². The average molecular weight is 252 g/mol. The molecule has 1 rings (SSSR count). The van der Waals surface area contributed by atoms with Gasteiger partial charge < -0.3 is 0 Å². The van der Waals surface area contributed by atoms with E-state index in [2.05, 4.69) is 0 Å². The van der Waals surface area contributed by atoms with Gasteiger partial charge in [0.25, 0.3) is 0 Å². The molecule has 1 saturated heterocycles. The van der Waals surface area contributed by atoms with Crippen molar-refractivity contribution in [2.75, 3.05) is 17.3 Å². The molecule has 0 saturated carbocycles. The van der Waals surface area contributed by atoms with Gasteiger partial charge in [0.05, 0.1) is 28.7 Å². The lowest BCUT2D eigenvalue weighted by molar-refractivity contribution is 0.392. The summed E-state index contributed by atoms with van der Waals surface area (Å²) in [6.07, 6.45) is 0.0878. The minimum atomic E-state index is -3.75. The predicted octanol–water partition coefficient (Wildman–Crippen LogP) is -1.01. The summed E-state index contributed by atoms with van der Waals surface area (Å²) < 4.78 is 44.1. The summed E-state index contributed by atoms with van der Waals surface area (Å²) in [5.41, 5.74) is -1.13. The van der Waals surface area contributed by atoms with E-state index in [1.165, 1.54) is 0 Å². The van der Waals surface area contributed by atoms with Gasteiger partial charge in [-0.15, -0.1) is 0 Å². The van der Waals surface area contributed by atoms with E-state index in [0.29, 0.717) is 0 Å². The molecule has 1 aliphatic rings. The van der Waals surface area contributed by atoms with E-state index in [1.54, 1.807) is 0 Å². The van der Waals surface area contributed by atoms with Crippen molar-refractivity contribution < 1.29 is 16.8 Å². The first-order valence-electron chi connectivity index (χ1n) is 4.30. The van der Waals surface area contributed by atoms with E-state index in [4.69, 9.17) is 10.4 Å². The zero-order valence-electron chi connectivity index (χ0n) is 8.01. The molecule has 15 heavy (non-hydrogen) atoms. The van der Waals surface area contributed by atoms with E-state index in [0.717, 1.165) is 0 Å². The van der Waals surface area contributed by atoms with Gasteiger partial charge in [-0.2, -0.15) is 5.26 Å². The molecular weight excluding hydrogens is 240 g/mol. The molecule has 0 unspecified atom stereocenters. The molecule has 8 heteroatoms. The largest absolute Gasteiger partial charge is 0.229 e. The molecular formula is C7H12N2O4S2. The van der Waals surface area contributed by atoms with Crippen LogP contribution in [0.4, 0.5) is 0 Å². The Balaban J connectivity index is 2.88. The fraction of sp³-hybridized carbons (Fsp3) is 0.857. The van der Waals surface area contributed by atoms with Crippen LogP contribution in [0.5, 0.6) is 0 Å². The maximum Gasteiger partial charge on any atom is 0.210 e. The summed E-state index contributed by atoms with van der Waals surface area (Å²) in [4.78, 5) is 0. The number of nitriles is 1. The third-order valence-corrected chi connectivity index (χ3v) is 5.11. The van der Waals surface area contributed by atoms with Crippen molar-refractivity contribution in [1.82, 2.24) is 0 Å². The molecule has 0 radical (unpaired) electrons. The van der Waals surface area contributed by atoms with Gasteiger partial charge in [-0.3, -0.25) is 0 Å². The van der Waals surface area contributed by atoms with Crippen molar-refractivity contribution in [3.8, 4) is 6.07 Å². The van der Waals surface area contributed by atoms with E-state index in [-0.39, 0.29) is 24.3 Å². The summed E-state index contributed by atoms with van der Waals surface area (Å²) in [6.45, 7) is 0. The number of hydrogen-bond donors (Lipinski definition) is 1. The van der Waals surface area contributed by atoms with Crippen LogP contribution in [-0.4, -0.2) is 34.1 Å². The summed E-state index contributed by atoms with van der Waals surface area (Å²) >= 11 is 0. The Kier molecular flexibility index (Phi) is 3.09. The van der Waals surface area contributed by atoms with Gasteiger partial charge in [0, 0.05) is 0 Å². The normalized spacial score (nSPS) is 24.3. The summed E-state index contributed by atoms with van der Waals surface area (Å²) in [5, 5.41) is 13.8. The lowest BCUT2D eigenvalue weighted by Crippen LogP contribution is -2.39. The number of sulfonamides is 1. The first-order valence-corrected chi connectivity index (χ1v) is 7.84. The zero-order chi connectivity index (χ0) is 11.7. The Hall–Kier alpha value is -0.650. The van der Waals surface area contributed by atoms with Gasteiger partial charge in [-0.1, -0.05) is 0 Å². The lowest BCUT2D eigenvalue weighted by Gasteiger charge is -2.29. The monoisotopic (exact) mass is 252 g/mol. The quantitative estimate of drug-likeness (QED) is 0.675. The third kappa shape index (κ3) is 3.44. The van der Waals surface area contributed by atoms with Crippen LogP contribution in [0.3, 0.4) is 0 Å². The molecule has 0 aliphatic carbocycles. The molecule has 0 aromatic heterocycles. The van der Waals surface area contributed by atoms with Crippen molar-refractivity contribution in [3.63, 3.8) is 0 Å². The van der Waals surface area contributed by atoms with Crippen LogP contribution >= 0.6 is 0 Å². The Morgan fingerprint density at radius 3 is 2.13 bits per heavy atom. The topological polar surface area (TPSA) is 118 Å². The van der Waals surface area contributed by atoms with Gasteiger partial charge >= 0.3 is 0 Å². The molecule has 0 aromatic rings. The number of nitrogens with zero attached hydrogens (tertiary/aromatic N) is 1. The number of primary sulfonamides is 1. The fourth-order valence-electron chi connectivity index (χ4n) is 1.60. The second-order valence-corrected chi connectivity index (χ2v) is 7.77. The second-order valence-electron chi connectivity index (χ2n) is 3.85. The van der Waals surface area contributed by atoms with Crippen LogP contribution in [0.25, 0.3) is 0 Å². The first-order chi connectivity index (χ1) is 6.68. The highest BCUT2D eigenvalue weighted by atomic mass is 32.2. The van der Waals surface area contributed by atoms with Gasteiger partial charge in [-0.05, 0) is 12.8 Å². The summed E-state index contributed by atoms with van der Waals surface area (Å²) in [6, 6.07) is 1.89. The Morgan fingerprint density at radius 1 is 1.33 bits per heavy atom. The third-order valence-electron chi connectivity index (χ3n) is 2.50. The van der Waals surface area contributed by atoms with Crippen LogP contribution in [0.2, 0.25) is 0 Å². The van der Waals surface area contributed by atoms with Gasteiger partial charge in [0.2, 0.25) is 10.0 Å². The highest BCUT2D eigenvalue weighted by Crippen LogP contribution is 2.32. The molecule has 2 N–H and O–H groups in total. The Morgan fingerprint density at radius 2 is 1.80 bits per heavy atom. The van der Waals surface area contributed by atoms with E-state index in [9.17, 15) is 16.8 Å². The van der Waals surface area contributed by atoms with Crippen LogP contribution in [0, 0.1) is 16.7 Å². The maximum atomic E-state index is 11.1. The van der Waals surface area contributed by atoms with Crippen molar-refractivity contribution in [2.24, 2.45) is 10.6 Å². The smallest absolute Gasteiger partial charge is 0.210 e. The number of nitrogens with two attached hydrogens (primary N) is 1. The van der Waals surface area contributed by atoms with Crippen molar-refractivity contribution in [2.45, 2.75) is 12.8 Å². The summed E-state index contributed by atoms with van der Waals surface area (Å²) in [5.74, 6) is -0.752. The van der Waals surface area contributed by atoms with E-state index in [1.807, 2.05) is 6.07 Å². The molecule has 0 aromatic carbocycles.